The summed E-state index contributed by atoms with van der Waals surface area (Å²) in [6.07, 6.45) is 1.13. The largest absolute Gasteiger partial charge is 0.545 e. The molecule has 2 aromatic heterocycles. The van der Waals surface area contributed by atoms with E-state index in [4.69, 9.17) is 10.2 Å². The number of carboxylic acids is 4. The number of pyridine rings is 2. The first kappa shape index (κ1) is 33.3. The SMILES string of the molecule is FC(F)(F)c1cccc(Nc2ccc(NCc3cccc[nH+]3)c[nH+]2)c1.O=C([O-])/C=C/C(=O)O.O=C([O-])/C=C/C(=O)O. The Labute approximate surface area is 230 Å². The van der Waals surface area contributed by atoms with Crippen molar-refractivity contribution in [3.05, 3.63) is 103 Å². The molecule has 6 N–H and O–H groups in total. The summed E-state index contributed by atoms with van der Waals surface area (Å²) >= 11 is 0. The highest BCUT2D eigenvalue weighted by atomic mass is 19.4. The highest BCUT2D eigenvalue weighted by Crippen LogP contribution is 2.31. The molecule has 41 heavy (non-hydrogen) atoms. The van der Waals surface area contributed by atoms with Gasteiger partial charge in [-0.25, -0.2) is 24.9 Å². The van der Waals surface area contributed by atoms with Crippen molar-refractivity contribution in [2.24, 2.45) is 0 Å². The molecule has 0 radical (unpaired) electrons. The van der Waals surface area contributed by atoms with Crippen LogP contribution in [0.2, 0.25) is 0 Å². The number of halogens is 3. The van der Waals surface area contributed by atoms with Crippen LogP contribution in [0.1, 0.15) is 11.3 Å². The molecule has 15 heteroatoms. The van der Waals surface area contributed by atoms with Gasteiger partial charge in [-0.15, -0.1) is 0 Å². The number of anilines is 3. The molecule has 0 aliphatic rings. The molecule has 1 aromatic carbocycles. The van der Waals surface area contributed by atoms with Crippen LogP contribution < -0.4 is 30.8 Å². The first-order valence-electron chi connectivity index (χ1n) is 11.2. The quantitative estimate of drug-likeness (QED) is 0.259. The molecule has 3 rings (SSSR count). The minimum atomic E-state index is -4.36. The fourth-order valence-electron chi connectivity index (χ4n) is 2.56. The lowest BCUT2D eigenvalue weighted by atomic mass is 10.2. The molecule has 0 fully saturated rings. The molecule has 0 aliphatic heterocycles. The van der Waals surface area contributed by atoms with Crippen molar-refractivity contribution < 1.29 is 62.7 Å². The molecule has 2 heterocycles. The van der Waals surface area contributed by atoms with Crippen LogP contribution in [0.25, 0.3) is 0 Å². The molecular formula is C26H23F3N4O8. The molecule has 0 saturated heterocycles. The van der Waals surface area contributed by atoms with Gasteiger partial charge in [0.05, 0.1) is 23.2 Å². The van der Waals surface area contributed by atoms with Gasteiger partial charge in [0.2, 0.25) is 0 Å². The third kappa shape index (κ3) is 16.0. The molecule has 0 unspecified atom stereocenters. The van der Waals surface area contributed by atoms with E-state index in [0.717, 1.165) is 23.5 Å². The number of rotatable bonds is 9. The van der Waals surface area contributed by atoms with Gasteiger partial charge in [0, 0.05) is 30.4 Å². The van der Waals surface area contributed by atoms with E-state index >= 15 is 0 Å². The number of carbonyl (C=O) groups is 4. The Hall–Kier alpha value is -5.73. The predicted molar refractivity (Wildman–Crippen MR) is 132 cm³/mol. The molecule has 12 nitrogen and oxygen atoms in total. The Morgan fingerprint density at radius 2 is 1.44 bits per heavy atom. The highest BCUT2D eigenvalue weighted by Gasteiger charge is 2.30. The van der Waals surface area contributed by atoms with Crippen molar-refractivity contribution in [3.8, 4) is 0 Å². The van der Waals surface area contributed by atoms with Crippen LogP contribution >= 0.6 is 0 Å². The summed E-state index contributed by atoms with van der Waals surface area (Å²) in [7, 11) is 0. The number of H-pyrrole nitrogens is 2. The summed E-state index contributed by atoms with van der Waals surface area (Å²) in [6.45, 7) is 0.634. The number of aromatic amines is 2. The molecule has 0 bridgehead atoms. The van der Waals surface area contributed by atoms with E-state index < -0.39 is 35.6 Å². The van der Waals surface area contributed by atoms with Gasteiger partial charge in [-0.2, -0.15) is 13.2 Å². The fraction of sp³-hybridized carbons (Fsp3) is 0.0769. The average Bonchev–Trinajstić information content (AvgIpc) is 2.91. The Morgan fingerprint density at radius 1 is 0.805 bits per heavy atom. The molecule has 0 atom stereocenters. The van der Waals surface area contributed by atoms with Crippen LogP contribution in [0.4, 0.5) is 30.4 Å². The lowest BCUT2D eigenvalue weighted by Gasteiger charge is -2.07. The maximum atomic E-state index is 12.7. The van der Waals surface area contributed by atoms with E-state index in [9.17, 15) is 42.6 Å². The van der Waals surface area contributed by atoms with Gasteiger partial charge < -0.3 is 35.3 Å². The Kier molecular flexibility index (Phi) is 13.8. The van der Waals surface area contributed by atoms with E-state index in [2.05, 4.69) is 20.6 Å². The van der Waals surface area contributed by atoms with E-state index in [1.54, 1.807) is 18.3 Å². The lowest BCUT2D eigenvalue weighted by molar-refractivity contribution is -0.389. The normalized spacial score (nSPS) is 10.5. The number of carboxylic acid groups (broad SMARTS) is 4. The monoisotopic (exact) mass is 576 g/mol. The fourth-order valence-corrected chi connectivity index (χ4v) is 2.56. The number of nitrogens with one attached hydrogen (secondary N) is 4. The summed E-state index contributed by atoms with van der Waals surface area (Å²) in [4.78, 5) is 44.1. The molecule has 0 amide bonds. The summed E-state index contributed by atoms with van der Waals surface area (Å²) in [5, 5.41) is 40.6. The number of hydrogen-bond acceptors (Lipinski definition) is 8. The van der Waals surface area contributed by atoms with Crippen LogP contribution in [0.5, 0.6) is 0 Å². The van der Waals surface area contributed by atoms with E-state index in [1.807, 2.05) is 30.5 Å². The van der Waals surface area contributed by atoms with Crippen molar-refractivity contribution in [1.82, 2.24) is 0 Å². The van der Waals surface area contributed by atoms with Gasteiger partial charge >= 0.3 is 18.1 Å². The number of alkyl halides is 3. The minimum absolute atomic E-state index is 0.366. The second-order valence-corrected chi connectivity index (χ2v) is 7.42. The van der Waals surface area contributed by atoms with E-state index in [0.29, 0.717) is 42.4 Å². The van der Waals surface area contributed by atoms with Crippen molar-refractivity contribution in [2.75, 3.05) is 10.6 Å². The number of benzene rings is 1. The molecule has 0 aliphatic carbocycles. The standard InChI is InChI=1S/C18H15F3N4.2C4H4O4/c19-18(20,21)13-4-3-6-14(10-13)25-17-8-7-16(12-24-17)23-11-15-5-1-2-9-22-15;2*5-3(6)1-2-4(7)8/h1-10,12,23H,11H2,(H,24,25);2*1-2H,(H,5,6)(H,7,8)/b;2*2-1+. The predicted octanol–water partition coefficient (Wildman–Crippen LogP) is 0.444. The molecule has 3 aromatic rings. The number of aromatic nitrogens is 2. The van der Waals surface area contributed by atoms with Crippen LogP contribution in [-0.2, 0) is 31.9 Å². The maximum absolute atomic E-state index is 12.7. The van der Waals surface area contributed by atoms with Crippen LogP contribution in [0.15, 0.2) is 91.3 Å². The lowest BCUT2D eigenvalue weighted by Crippen LogP contribution is -2.19. The number of aliphatic carboxylic acids is 4. The van der Waals surface area contributed by atoms with Crippen LogP contribution in [0.3, 0.4) is 0 Å². The van der Waals surface area contributed by atoms with Crippen molar-refractivity contribution >= 4 is 41.1 Å². The van der Waals surface area contributed by atoms with Gasteiger partial charge in [-0.1, -0.05) is 12.1 Å². The summed E-state index contributed by atoms with van der Waals surface area (Å²) in [5.41, 5.74) is 1.58. The second-order valence-electron chi connectivity index (χ2n) is 7.42. The molecule has 216 valence electrons. The topological polar surface area (TPSA) is 207 Å². The third-order valence-electron chi connectivity index (χ3n) is 4.26. The zero-order chi connectivity index (χ0) is 30.8. The van der Waals surface area contributed by atoms with E-state index in [-0.39, 0.29) is 0 Å². The first-order valence-corrected chi connectivity index (χ1v) is 11.2. The number of hydrogen-bond donors (Lipinski definition) is 4. The average molecular weight is 576 g/mol. The summed E-state index contributed by atoms with van der Waals surface area (Å²) in [6, 6.07) is 14.5. The Bertz CT molecular complexity index is 1300. The van der Waals surface area contributed by atoms with Crippen molar-refractivity contribution in [1.29, 1.82) is 0 Å². The smallest absolute Gasteiger partial charge is 0.416 e. The Morgan fingerprint density at radius 3 is 1.88 bits per heavy atom. The van der Waals surface area contributed by atoms with Gasteiger partial charge in [-0.05, 0) is 36.4 Å². The number of carbonyl (C=O) groups excluding carboxylic acids is 2. The van der Waals surface area contributed by atoms with Gasteiger partial charge in [0.25, 0.3) is 5.82 Å². The highest BCUT2D eigenvalue weighted by molar-refractivity contribution is 5.89. The summed E-state index contributed by atoms with van der Waals surface area (Å²) in [5.74, 6) is -5.01. The van der Waals surface area contributed by atoms with Crippen LogP contribution in [-0.4, -0.2) is 34.1 Å². The zero-order valence-electron chi connectivity index (χ0n) is 20.8. The first-order chi connectivity index (χ1) is 19.3. The van der Waals surface area contributed by atoms with Gasteiger partial charge in [-0.3, -0.25) is 0 Å². The van der Waals surface area contributed by atoms with Crippen molar-refractivity contribution in [3.63, 3.8) is 0 Å². The third-order valence-corrected chi connectivity index (χ3v) is 4.26. The molecule has 0 spiro atoms. The van der Waals surface area contributed by atoms with Crippen LogP contribution in [0, 0.1) is 0 Å². The molecular weight excluding hydrogens is 553 g/mol. The second kappa shape index (κ2) is 17.0. The van der Waals surface area contributed by atoms with Crippen molar-refractivity contribution in [2.45, 2.75) is 12.7 Å². The van der Waals surface area contributed by atoms with E-state index in [1.165, 1.54) is 6.07 Å². The Balaban J connectivity index is 0.000000433. The van der Waals surface area contributed by atoms with Gasteiger partial charge in [0.1, 0.15) is 18.4 Å². The maximum Gasteiger partial charge on any atom is 0.416 e. The molecule has 0 saturated carbocycles. The minimum Gasteiger partial charge on any atom is -0.545 e. The summed E-state index contributed by atoms with van der Waals surface area (Å²) < 4.78 is 38.2. The van der Waals surface area contributed by atoms with Gasteiger partial charge in [0.15, 0.2) is 11.9 Å². The zero-order valence-corrected chi connectivity index (χ0v) is 20.8.